The van der Waals surface area contributed by atoms with Crippen LogP contribution in [0.15, 0.2) is 24.3 Å². The van der Waals surface area contributed by atoms with E-state index in [0.717, 1.165) is 0 Å². The number of piperazine rings is 2. The lowest BCUT2D eigenvalue weighted by Gasteiger charge is -2.45. The van der Waals surface area contributed by atoms with E-state index >= 15 is 0 Å². The minimum absolute atomic E-state index is 0.0754. The van der Waals surface area contributed by atoms with Crippen molar-refractivity contribution in [2.75, 3.05) is 19.6 Å². The highest BCUT2D eigenvalue weighted by Crippen LogP contribution is 2.21. The molecule has 0 aliphatic carbocycles. The molecule has 26 heavy (non-hydrogen) atoms. The van der Waals surface area contributed by atoms with Crippen molar-refractivity contribution in [3.05, 3.63) is 30.1 Å². The molecule has 2 aliphatic rings. The van der Waals surface area contributed by atoms with Crippen molar-refractivity contribution in [3.63, 3.8) is 0 Å². The molecule has 3 amide bonds. The first-order chi connectivity index (χ1) is 12.3. The van der Waals surface area contributed by atoms with Crippen molar-refractivity contribution in [1.82, 2.24) is 15.1 Å². The fourth-order valence-electron chi connectivity index (χ4n) is 3.27. The topological polar surface area (TPSA) is 79.0 Å². The summed E-state index contributed by atoms with van der Waals surface area (Å²) < 4.78 is 18.1. The molecule has 0 saturated carbocycles. The Hall–Kier alpha value is -2.64. The Kier molecular flexibility index (Phi) is 5.11. The van der Waals surface area contributed by atoms with Crippen LogP contribution in [-0.2, 0) is 9.59 Å². The fraction of sp³-hybridized carbons (Fsp3) is 0.500. The van der Waals surface area contributed by atoms with Crippen molar-refractivity contribution in [2.24, 2.45) is 5.92 Å². The largest absolute Gasteiger partial charge is 0.415 e. The van der Waals surface area contributed by atoms with Gasteiger partial charge in [-0.15, -0.1) is 0 Å². The van der Waals surface area contributed by atoms with Gasteiger partial charge in [-0.1, -0.05) is 13.8 Å². The molecule has 2 atom stereocenters. The summed E-state index contributed by atoms with van der Waals surface area (Å²) in [7, 11) is 0. The molecule has 0 radical (unpaired) electrons. The summed E-state index contributed by atoms with van der Waals surface area (Å²) in [5.41, 5.74) is 0. The van der Waals surface area contributed by atoms with Crippen LogP contribution < -0.4 is 10.1 Å². The van der Waals surface area contributed by atoms with Gasteiger partial charge in [0.15, 0.2) is 0 Å². The van der Waals surface area contributed by atoms with E-state index < -0.39 is 24.0 Å². The van der Waals surface area contributed by atoms with E-state index in [1.807, 2.05) is 13.8 Å². The number of amides is 3. The molecule has 7 nitrogen and oxygen atoms in total. The molecule has 1 aromatic rings. The molecule has 140 valence electrons. The third-order valence-electron chi connectivity index (χ3n) is 4.56. The van der Waals surface area contributed by atoms with Gasteiger partial charge in [0.1, 0.15) is 23.7 Å². The van der Waals surface area contributed by atoms with Gasteiger partial charge in [0, 0.05) is 13.1 Å². The number of rotatable bonds is 3. The molecule has 0 unspecified atom stereocenters. The zero-order chi connectivity index (χ0) is 18.8. The van der Waals surface area contributed by atoms with Gasteiger partial charge in [0.2, 0.25) is 11.8 Å². The zero-order valence-electron chi connectivity index (χ0n) is 14.8. The summed E-state index contributed by atoms with van der Waals surface area (Å²) >= 11 is 0. The van der Waals surface area contributed by atoms with Gasteiger partial charge in [-0.05, 0) is 36.6 Å². The predicted molar refractivity (Wildman–Crippen MR) is 90.9 cm³/mol. The van der Waals surface area contributed by atoms with Crippen molar-refractivity contribution >= 4 is 17.9 Å². The van der Waals surface area contributed by atoms with E-state index in [0.29, 0.717) is 6.42 Å². The molecule has 2 fully saturated rings. The van der Waals surface area contributed by atoms with Crippen molar-refractivity contribution < 1.29 is 23.5 Å². The third kappa shape index (κ3) is 3.79. The second-order valence-corrected chi connectivity index (χ2v) is 7.01. The van der Waals surface area contributed by atoms with Crippen LogP contribution in [0.2, 0.25) is 0 Å². The number of nitrogens with one attached hydrogen (secondary N) is 1. The molecule has 8 heteroatoms. The Labute approximate surface area is 151 Å². The molecular formula is C18H22FN3O4. The van der Waals surface area contributed by atoms with E-state index in [1.165, 1.54) is 29.2 Å². The monoisotopic (exact) mass is 363 g/mol. The number of benzene rings is 1. The van der Waals surface area contributed by atoms with Crippen LogP contribution in [0.25, 0.3) is 0 Å². The number of hydrogen-bond acceptors (Lipinski definition) is 4. The Morgan fingerprint density at radius 1 is 1.27 bits per heavy atom. The van der Waals surface area contributed by atoms with Gasteiger partial charge in [0.25, 0.3) is 0 Å². The predicted octanol–water partition coefficient (Wildman–Crippen LogP) is 1.38. The number of carbonyl (C=O) groups excluding carboxylic acids is 3. The third-order valence-corrected chi connectivity index (χ3v) is 4.56. The summed E-state index contributed by atoms with van der Waals surface area (Å²) in [5.74, 6) is -0.274. The number of halogens is 1. The van der Waals surface area contributed by atoms with Crippen molar-refractivity contribution in [2.45, 2.75) is 32.4 Å². The minimum atomic E-state index is -0.708. The SMILES string of the molecule is CC(C)C[C@@H]1NC(=O)[C@H]2CN(C(=O)Oc3ccc(F)cc3)CCN2C1=O. The van der Waals surface area contributed by atoms with Crippen LogP contribution in [0.3, 0.4) is 0 Å². The van der Waals surface area contributed by atoms with E-state index in [-0.39, 0.29) is 43.1 Å². The first-order valence-corrected chi connectivity index (χ1v) is 8.68. The van der Waals surface area contributed by atoms with Crippen molar-refractivity contribution in [1.29, 1.82) is 0 Å². The van der Waals surface area contributed by atoms with Crippen LogP contribution >= 0.6 is 0 Å². The summed E-state index contributed by atoms with van der Waals surface area (Å²) in [5, 5.41) is 2.76. The minimum Gasteiger partial charge on any atom is -0.410 e. The van der Waals surface area contributed by atoms with Crippen LogP contribution in [-0.4, -0.2) is 59.4 Å². The summed E-state index contributed by atoms with van der Waals surface area (Å²) in [4.78, 5) is 40.2. The number of carbonyl (C=O) groups is 3. The van der Waals surface area contributed by atoms with Gasteiger partial charge in [-0.3, -0.25) is 9.59 Å². The maximum Gasteiger partial charge on any atom is 0.415 e. The molecule has 2 heterocycles. The second-order valence-electron chi connectivity index (χ2n) is 7.01. The van der Waals surface area contributed by atoms with E-state index in [4.69, 9.17) is 4.74 Å². The molecule has 2 saturated heterocycles. The molecule has 3 rings (SSSR count). The van der Waals surface area contributed by atoms with Crippen LogP contribution in [0.1, 0.15) is 20.3 Å². The molecule has 2 aliphatic heterocycles. The maximum absolute atomic E-state index is 12.9. The van der Waals surface area contributed by atoms with Crippen LogP contribution in [0.5, 0.6) is 5.75 Å². The number of fused-ring (bicyclic) bond motifs is 1. The molecule has 0 aromatic heterocycles. The van der Waals surface area contributed by atoms with Gasteiger partial charge < -0.3 is 19.9 Å². The molecule has 0 bridgehead atoms. The molecular weight excluding hydrogens is 341 g/mol. The average molecular weight is 363 g/mol. The normalized spacial score (nSPS) is 22.9. The second kappa shape index (κ2) is 7.31. The lowest BCUT2D eigenvalue weighted by molar-refractivity contribution is -0.152. The summed E-state index contributed by atoms with van der Waals surface area (Å²) in [6.07, 6.45) is -0.0368. The lowest BCUT2D eigenvalue weighted by Crippen LogP contribution is -2.69. The van der Waals surface area contributed by atoms with Gasteiger partial charge in [-0.2, -0.15) is 0 Å². The number of hydrogen-bond donors (Lipinski definition) is 1. The molecule has 0 spiro atoms. The number of nitrogens with zero attached hydrogens (tertiary/aromatic N) is 2. The van der Waals surface area contributed by atoms with Gasteiger partial charge >= 0.3 is 6.09 Å². The first-order valence-electron chi connectivity index (χ1n) is 8.68. The highest BCUT2D eigenvalue weighted by Gasteiger charge is 2.44. The van der Waals surface area contributed by atoms with Crippen LogP contribution in [0.4, 0.5) is 9.18 Å². The molecule has 1 N–H and O–H groups in total. The van der Waals surface area contributed by atoms with Crippen molar-refractivity contribution in [3.8, 4) is 5.75 Å². The standard InChI is InChI=1S/C18H22FN3O4/c1-11(2)9-14-17(24)22-8-7-21(10-15(22)16(23)20-14)18(25)26-13-5-3-12(19)4-6-13/h3-6,11,14-15H,7-10H2,1-2H3,(H,20,23)/t14-,15+/m0/s1. The average Bonchev–Trinajstić information content (AvgIpc) is 2.60. The highest BCUT2D eigenvalue weighted by molar-refractivity contribution is 5.97. The summed E-state index contributed by atoms with van der Waals surface area (Å²) in [6.45, 7) is 4.63. The smallest absolute Gasteiger partial charge is 0.410 e. The lowest BCUT2D eigenvalue weighted by atomic mass is 9.97. The van der Waals surface area contributed by atoms with E-state index in [2.05, 4.69) is 5.32 Å². The van der Waals surface area contributed by atoms with E-state index in [1.54, 1.807) is 4.90 Å². The quantitative estimate of drug-likeness (QED) is 0.880. The maximum atomic E-state index is 12.9. The fourth-order valence-corrected chi connectivity index (χ4v) is 3.27. The highest BCUT2D eigenvalue weighted by atomic mass is 19.1. The Bertz CT molecular complexity index is 707. The van der Waals surface area contributed by atoms with E-state index in [9.17, 15) is 18.8 Å². The Morgan fingerprint density at radius 2 is 1.96 bits per heavy atom. The Balaban J connectivity index is 1.64. The first kappa shape index (κ1) is 18.2. The molecule has 1 aromatic carbocycles. The Morgan fingerprint density at radius 3 is 2.62 bits per heavy atom. The zero-order valence-corrected chi connectivity index (χ0v) is 14.8. The van der Waals surface area contributed by atoms with Gasteiger partial charge in [0.05, 0.1) is 6.54 Å². The van der Waals surface area contributed by atoms with Crippen LogP contribution in [0, 0.1) is 11.7 Å². The van der Waals surface area contributed by atoms with Gasteiger partial charge in [-0.25, -0.2) is 9.18 Å². The number of ether oxygens (including phenoxy) is 1. The summed E-state index contributed by atoms with van der Waals surface area (Å²) in [6, 6.07) is 3.90.